The van der Waals surface area contributed by atoms with Crippen LogP contribution in [0.3, 0.4) is 0 Å². The van der Waals surface area contributed by atoms with E-state index in [-0.39, 0.29) is 18.4 Å². The predicted molar refractivity (Wildman–Crippen MR) is 127 cm³/mol. The molecule has 8 nitrogen and oxygen atoms in total. The Labute approximate surface area is 202 Å². The number of fused-ring (bicyclic) bond motifs is 1. The molecule has 1 saturated carbocycles. The summed E-state index contributed by atoms with van der Waals surface area (Å²) in [5, 5.41) is 6.13. The summed E-state index contributed by atoms with van der Waals surface area (Å²) in [5.41, 5.74) is 2.67. The Morgan fingerprint density at radius 3 is 2.63 bits per heavy atom. The molecule has 5 rings (SSSR count). The summed E-state index contributed by atoms with van der Waals surface area (Å²) in [5.74, 6) is 1.22. The van der Waals surface area contributed by atoms with Crippen LogP contribution in [0, 0.1) is 5.92 Å². The number of rotatable bonds is 7. The van der Waals surface area contributed by atoms with Crippen LogP contribution in [0.15, 0.2) is 80.6 Å². The third-order valence-corrected chi connectivity index (χ3v) is 6.32. The molecule has 1 aliphatic heterocycles. The monoisotopic (exact) mass is 474 g/mol. The lowest BCUT2D eigenvalue weighted by atomic mass is 9.79. The Bertz CT molecular complexity index is 1230. The molecular weight excluding hydrogens is 448 g/mol. The van der Waals surface area contributed by atoms with Crippen molar-refractivity contribution in [2.45, 2.75) is 31.7 Å². The van der Waals surface area contributed by atoms with Crippen molar-refractivity contribution in [1.29, 1.82) is 0 Å². The van der Waals surface area contributed by atoms with Gasteiger partial charge in [0, 0.05) is 5.92 Å². The van der Waals surface area contributed by atoms with Crippen molar-refractivity contribution < 1.29 is 27.9 Å². The molecule has 1 aromatic carbocycles. The highest BCUT2D eigenvalue weighted by molar-refractivity contribution is 6.08. The normalized spacial score (nSPS) is 20.4. The number of hydrazone groups is 1. The Hall–Kier alpha value is -4.07. The van der Waals surface area contributed by atoms with E-state index in [1.807, 2.05) is 24.3 Å². The van der Waals surface area contributed by atoms with Gasteiger partial charge >= 0.3 is 5.97 Å². The number of furan rings is 2. The zero-order valence-electron chi connectivity index (χ0n) is 19.4. The van der Waals surface area contributed by atoms with Gasteiger partial charge in [0.15, 0.2) is 6.61 Å². The lowest BCUT2D eigenvalue weighted by Crippen LogP contribution is -2.34. The molecular formula is C27H26N2O6. The third-order valence-electron chi connectivity index (χ3n) is 6.32. The molecule has 0 spiro atoms. The van der Waals surface area contributed by atoms with E-state index in [1.54, 1.807) is 50.0 Å². The molecule has 2 unspecified atom stereocenters. The molecule has 180 valence electrons. The van der Waals surface area contributed by atoms with Gasteiger partial charge in [-0.3, -0.25) is 9.59 Å². The van der Waals surface area contributed by atoms with Crippen LogP contribution < -0.4 is 4.74 Å². The van der Waals surface area contributed by atoms with Crippen molar-refractivity contribution in [3.63, 3.8) is 0 Å². The average molecular weight is 475 g/mol. The Morgan fingerprint density at radius 2 is 1.91 bits per heavy atom. The lowest BCUT2D eigenvalue weighted by Gasteiger charge is -2.27. The molecule has 35 heavy (non-hydrogen) atoms. The molecule has 0 N–H and O–H groups in total. The van der Waals surface area contributed by atoms with E-state index < -0.39 is 18.5 Å². The number of carbonyl (C=O) groups is 2. The molecule has 0 bridgehead atoms. The zero-order valence-corrected chi connectivity index (χ0v) is 19.4. The number of ether oxygens (including phenoxy) is 2. The molecule has 8 heteroatoms. The van der Waals surface area contributed by atoms with Crippen LogP contribution in [0.1, 0.15) is 42.4 Å². The second-order valence-electron chi connectivity index (χ2n) is 8.55. The Balaban J connectivity index is 1.31. The number of allylic oxidation sites excluding steroid dienone is 1. The van der Waals surface area contributed by atoms with E-state index >= 15 is 0 Å². The quantitative estimate of drug-likeness (QED) is 0.457. The first-order valence-electron chi connectivity index (χ1n) is 11.6. The average Bonchev–Trinajstić information content (AvgIpc) is 3.64. The van der Waals surface area contributed by atoms with Crippen molar-refractivity contribution in [1.82, 2.24) is 5.01 Å². The van der Waals surface area contributed by atoms with Crippen molar-refractivity contribution in [2.75, 3.05) is 13.7 Å². The minimum absolute atomic E-state index is 0.00457. The largest absolute Gasteiger partial charge is 0.497 e. The van der Waals surface area contributed by atoms with Crippen LogP contribution >= 0.6 is 0 Å². The van der Waals surface area contributed by atoms with Crippen LogP contribution in [0.5, 0.6) is 5.75 Å². The van der Waals surface area contributed by atoms with Gasteiger partial charge in [-0.05, 0) is 72.9 Å². The van der Waals surface area contributed by atoms with Crippen LogP contribution in [0.2, 0.25) is 0 Å². The summed E-state index contributed by atoms with van der Waals surface area (Å²) in [4.78, 5) is 25.6. The van der Waals surface area contributed by atoms with Crippen LogP contribution in [-0.2, 0) is 20.7 Å². The van der Waals surface area contributed by atoms with E-state index in [1.165, 1.54) is 5.01 Å². The maximum atomic E-state index is 13.2. The Kier molecular flexibility index (Phi) is 6.52. The number of methoxy groups -OCH3 is 1. The van der Waals surface area contributed by atoms with E-state index in [4.69, 9.17) is 23.4 Å². The van der Waals surface area contributed by atoms with Gasteiger partial charge in [-0.15, -0.1) is 0 Å². The molecule has 1 aliphatic carbocycles. The van der Waals surface area contributed by atoms with Crippen molar-refractivity contribution in [3.05, 3.63) is 83.7 Å². The molecule has 3 aromatic rings. The minimum atomic E-state index is -0.485. The Morgan fingerprint density at radius 1 is 1.11 bits per heavy atom. The summed E-state index contributed by atoms with van der Waals surface area (Å²) in [7, 11) is 1.58. The predicted octanol–water partition coefficient (Wildman–Crippen LogP) is 4.79. The number of hydrogen-bond donors (Lipinski definition) is 0. The van der Waals surface area contributed by atoms with E-state index in [2.05, 4.69) is 0 Å². The van der Waals surface area contributed by atoms with Crippen LogP contribution in [0.4, 0.5) is 0 Å². The van der Waals surface area contributed by atoms with Crippen LogP contribution in [-0.4, -0.2) is 36.3 Å². The van der Waals surface area contributed by atoms with E-state index in [9.17, 15) is 9.59 Å². The summed E-state index contributed by atoms with van der Waals surface area (Å²) in [6.07, 6.45) is 7.95. The van der Waals surface area contributed by atoms with Crippen LogP contribution in [0.25, 0.3) is 6.08 Å². The van der Waals surface area contributed by atoms with Gasteiger partial charge in [-0.2, -0.15) is 5.10 Å². The maximum Gasteiger partial charge on any atom is 0.310 e. The molecule has 3 heterocycles. The maximum absolute atomic E-state index is 13.2. The second kappa shape index (κ2) is 10.0. The minimum Gasteiger partial charge on any atom is -0.497 e. The summed E-state index contributed by atoms with van der Waals surface area (Å²) >= 11 is 0. The second-order valence-corrected chi connectivity index (χ2v) is 8.55. The standard InChI is InChI=1S/C27H26N2O6/c1-32-20-11-9-18(10-12-20)15-25(31)35-17-24(30)29-27(23-8-4-14-34-23)22-7-2-5-19(26(22)28-29)16-21-6-3-13-33-21/h3-4,6,8-14,16,22,27H,2,5,7,15,17H2,1H3. The number of nitrogens with zero attached hydrogens (tertiary/aromatic N) is 2. The topological polar surface area (TPSA) is 94.5 Å². The van der Waals surface area contributed by atoms with Crippen molar-refractivity contribution in [2.24, 2.45) is 11.0 Å². The molecule has 0 radical (unpaired) electrons. The van der Waals surface area contributed by atoms with Gasteiger partial charge in [-0.25, -0.2) is 5.01 Å². The first kappa shape index (κ1) is 22.7. The van der Waals surface area contributed by atoms with Gasteiger partial charge in [-0.1, -0.05) is 12.1 Å². The number of benzene rings is 1. The van der Waals surface area contributed by atoms with Gasteiger partial charge in [0.25, 0.3) is 5.91 Å². The molecule has 1 fully saturated rings. The van der Waals surface area contributed by atoms with Gasteiger partial charge in [0.2, 0.25) is 0 Å². The number of carbonyl (C=O) groups excluding carboxylic acids is 2. The third kappa shape index (κ3) is 4.91. The number of amides is 1. The van der Waals surface area contributed by atoms with Crippen molar-refractivity contribution in [3.8, 4) is 5.75 Å². The van der Waals surface area contributed by atoms with E-state index in [0.717, 1.165) is 41.9 Å². The fourth-order valence-corrected chi connectivity index (χ4v) is 4.66. The fraction of sp³-hybridized carbons (Fsp3) is 0.296. The zero-order chi connectivity index (χ0) is 24.2. The molecule has 1 amide bonds. The van der Waals surface area contributed by atoms with Gasteiger partial charge in [0.1, 0.15) is 23.3 Å². The first-order chi connectivity index (χ1) is 17.1. The summed E-state index contributed by atoms with van der Waals surface area (Å²) in [6, 6.07) is 14.1. The molecule has 0 saturated heterocycles. The fourth-order valence-electron chi connectivity index (χ4n) is 4.66. The highest BCUT2D eigenvalue weighted by Gasteiger charge is 2.45. The van der Waals surface area contributed by atoms with Crippen molar-refractivity contribution >= 4 is 23.7 Å². The lowest BCUT2D eigenvalue weighted by molar-refractivity contribution is -0.152. The molecule has 2 aliphatic rings. The highest BCUT2D eigenvalue weighted by Crippen LogP contribution is 2.44. The summed E-state index contributed by atoms with van der Waals surface area (Å²) in [6.45, 7) is -0.396. The van der Waals surface area contributed by atoms with E-state index in [0.29, 0.717) is 11.5 Å². The van der Waals surface area contributed by atoms with Gasteiger partial charge < -0.3 is 18.3 Å². The van der Waals surface area contributed by atoms with Gasteiger partial charge in [0.05, 0.1) is 31.8 Å². The summed E-state index contributed by atoms with van der Waals surface area (Å²) < 4.78 is 21.6. The smallest absolute Gasteiger partial charge is 0.310 e. The molecule has 2 aromatic heterocycles. The first-order valence-corrected chi connectivity index (χ1v) is 11.6. The number of esters is 1. The SMILES string of the molecule is COc1ccc(CC(=O)OCC(=O)N2N=C3C(=Cc4ccco4)CCCC3C2c2ccco2)cc1. The highest BCUT2D eigenvalue weighted by atomic mass is 16.5. The number of hydrogen-bond acceptors (Lipinski definition) is 7. The molecule has 2 atom stereocenters.